The number of benzene rings is 1. The Morgan fingerprint density at radius 1 is 1.15 bits per heavy atom. The van der Waals surface area contributed by atoms with Gasteiger partial charge >= 0.3 is 0 Å². The van der Waals surface area contributed by atoms with Crippen molar-refractivity contribution in [3.63, 3.8) is 0 Å². The van der Waals surface area contributed by atoms with Crippen LogP contribution < -0.4 is 4.74 Å². The molecule has 0 bridgehead atoms. The predicted octanol–water partition coefficient (Wildman–Crippen LogP) is 2.45. The third kappa shape index (κ3) is 3.47. The van der Waals surface area contributed by atoms with Gasteiger partial charge in [0.1, 0.15) is 5.75 Å². The van der Waals surface area contributed by atoms with E-state index in [2.05, 4.69) is 0 Å². The largest absolute Gasteiger partial charge is 0.497 e. The van der Waals surface area contributed by atoms with E-state index in [0.29, 0.717) is 0 Å². The van der Waals surface area contributed by atoms with Crippen LogP contribution in [0.25, 0.3) is 0 Å². The number of hydrogen-bond donors (Lipinski definition) is 0. The van der Waals surface area contributed by atoms with Crippen molar-refractivity contribution in [2.45, 2.75) is 19.3 Å². The number of hydrogen-bond acceptors (Lipinski definition) is 1. The molecule has 0 atom stereocenters. The summed E-state index contributed by atoms with van der Waals surface area (Å²) in [4.78, 5) is 0. The monoisotopic (exact) mass is 179 g/mol. The van der Waals surface area contributed by atoms with Gasteiger partial charge in [0.05, 0.1) is 13.7 Å². The zero-order valence-corrected chi connectivity index (χ0v) is 7.95. The number of rotatable bonds is 5. The number of methoxy groups -OCH3 is 1. The van der Waals surface area contributed by atoms with E-state index in [4.69, 9.17) is 4.74 Å². The summed E-state index contributed by atoms with van der Waals surface area (Å²) in [5.41, 5.74) is 1.27. The fraction of sp³-hybridized carbons (Fsp3) is 0.455. The lowest BCUT2D eigenvalue weighted by molar-refractivity contribution is 0.187. The summed E-state index contributed by atoms with van der Waals surface area (Å²) >= 11 is 0. The zero-order chi connectivity index (χ0) is 9.52. The van der Waals surface area contributed by atoms with Gasteiger partial charge < -0.3 is 4.74 Å². The molecule has 13 heavy (non-hydrogen) atoms. The van der Waals surface area contributed by atoms with Gasteiger partial charge in [0, 0.05) is 0 Å². The van der Waals surface area contributed by atoms with Gasteiger partial charge in [-0.05, 0) is 37.0 Å². The smallest absolute Gasteiger partial charge is 0.118 e. The maximum Gasteiger partial charge on any atom is 0.118 e. The minimum atomic E-state index is 0.0379. The quantitative estimate of drug-likeness (QED) is 0.638. The molecule has 0 spiro atoms. The van der Waals surface area contributed by atoms with Gasteiger partial charge in [-0.25, -0.2) is 5.11 Å². The van der Waals surface area contributed by atoms with E-state index < -0.39 is 0 Å². The highest BCUT2D eigenvalue weighted by Gasteiger charge is 1.94. The summed E-state index contributed by atoms with van der Waals surface area (Å²) < 4.78 is 5.04. The first-order chi connectivity index (χ1) is 6.36. The maximum absolute atomic E-state index is 10.2. The van der Waals surface area contributed by atoms with E-state index >= 15 is 0 Å². The van der Waals surface area contributed by atoms with Gasteiger partial charge in [-0.3, -0.25) is 0 Å². The first-order valence-electron chi connectivity index (χ1n) is 4.58. The molecular weight excluding hydrogens is 164 g/mol. The molecule has 2 nitrogen and oxygen atoms in total. The number of unbranched alkanes of at least 4 members (excludes halogenated alkanes) is 1. The molecule has 1 radical (unpaired) electrons. The topological polar surface area (TPSA) is 29.1 Å². The fourth-order valence-electron chi connectivity index (χ4n) is 1.22. The minimum absolute atomic E-state index is 0.0379. The van der Waals surface area contributed by atoms with Crippen LogP contribution in [0.5, 0.6) is 5.75 Å². The van der Waals surface area contributed by atoms with Crippen molar-refractivity contribution in [3.8, 4) is 5.75 Å². The Labute approximate surface area is 79.2 Å². The Morgan fingerprint density at radius 3 is 2.38 bits per heavy atom. The zero-order valence-electron chi connectivity index (χ0n) is 7.95. The minimum Gasteiger partial charge on any atom is -0.497 e. The fourth-order valence-corrected chi connectivity index (χ4v) is 1.22. The van der Waals surface area contributed by atoms with Crippen molar-refractivity contribution in [2.75, 3.05) is 13.7 Å². The van der Waals surface area contributed by atoms with Crippen molar-refractivity contribution >= 4 is 0 Å². The van der Waals surface area contributed by atoms with Crippen LogP contribution in [-0.2, 0) is 11.5 Å². The molecule has 0 aromatic heterocycles. The lowest BCUT2D eigenvalue weighted by atomic mass is 10.1. The van der Waals surface area contributed by atoms with Crippen molar-refractivity contribution in [1.29, 1.82) is 0 Å². The third-order valence-electron chi connectivity index (χ3n) is 2.02. The average molecular weight is 179 g/mol. The summed E-state index contributed by atoms with van der Waals surface area (Å²) in [6, 6.07) is 7.99. The first kappa shape index (κ1) is 10.1. The van der Waals surface area contributed by atoms with Gasteiger partial charge in [0.25, 0.3) is 0 Å². The molecule has 0 amide bonds. The molecule has 1 rings (SSSR count). The first-order valence-corrected chi connectivity index (χ1v) is 4.58. The second kappa shape index (κ2) is 5.60. The molecule has 2 heteroatoms. The van der Waals surface area contributed by atoms with Crippen molar-refractivity contribution in [2.24, 2.45) is 0 Å². The highest BCUT2D eigenvalue weighted by molar-refractivity contribution is 5.27. The number of ether oxygens (including phenoxy) is 1. The standard InChI is InChI=1S/C11H15O2/c1-13-11-7-5-10(6-8-11)4-2-3-9-12/h5-8H,2-4,9H2,1H3. The molecular formula is C11H15O2. The molecule has 1 aromatic carbocycles. The van der Waals surface area contributed by atoms with E-state index in [1.165, 1.54) is 5.56 Å². The summed E-state index contributed by atoms with van der Waals surface area (Å²) in [7, 11) is 1.66. The normalized spacial score (nSPS) is 10.0. The van der Waals surface area contributed by atoms with Crippen molar-refractivity contribution in [3.05, 3.63) is 29.8 Å². The SMILES string of the molecule is COc1ccc(CCCC[O])cc1. The van der Waals surface area contributed by atoms with Crippen LogP contribution in [0.15, 0.2) is 24.3 Å². The average Bonchev–Trinajstić information content (AvgIpc) is 2.19. The highest BCUT2D eigenvalue weighted by atomic mass is 16.5. The second-order valence-corrected chi connectivity index (χ2v) is 3.01. The molecule has 1 aromatic rings. The van der Waals surface area contributed by atoms with Crippen LogP contribution in [-0.4, -0.2) is 13.7 Å². The molecule has 0 aliphatic carbocycles. The van der Waals surface area contributed by atoms with Gasteiger partial charge in [-0.2, -0.15) is 0 Å². The Bertz CT molecular complexity index is 228. The summed E-state index contributed by atoms with van der Waals surface area (Å²) in [6.45, 7) is 0.0379. The van der Waals surface area contributed by atoms with Gasteiger partial charge in [0.2, 0.25) is 0 Å². The van der Waals surface area contributed by atoms with E-state index in [9.17, 15) is 5.11 Å². The second-order valence-electron chi connectivity index (χ2n) is 3.01. The molecule has 0 heterocycles. The van der Waals surface area contributed by atoms with Crippen LogP contribution in [0, 0.1) is 0 Å². The van der Waals surface area contributed by atoms with Crippen molar-refractivity contribution in [1.82, 2.24) is 0 Å². The predicted molar refractivity (Wildman–Crippen MR) is 51.5 cm³/mol. The van der Waals surface area contributed by atoms with E-state index in [1.807, 2.05) is 24.3 Å². The molecule has 0 aliphatic heterocycles. The van der Waals surface area contributed by atoms with Crippen LogP contribution in [0.3, 0.4) is 0 Å². The molecule has 0 aliphatic rings. The Kier molecular flexibility index (Phi) is 4.33. The summed E-state index contributed by atoms with van der Waals surface area (Å²) in [6.07, 6.45) is 2.74. The van der Waals surface area contributed by atoms with Crippen molar-refractivity contribution < 1.29 is 9.84 Å². The lowest BCUT2D eigenvalue weighted by Gasteiger charge is -2.02. The maximum atomic E-state index is 10.2. The molecule has 0 saturated heterocycles. The van der Waals surface area contributed by atoms with Gasteiger partial charge in [-0.1, -0.05) is 12.1 Å². The van der Waals surface area contributed by atoms with Crippen LogP contribution in [0.4, 0.5) is 0 Å². The molecule has 0 N–H and O–H groups in total. The number of aryl methyl sites for hydroxylation is 1. The van der Waals surface area contributed by atoms with E-state index in [0.717, 1.165) is 25.0 Å². The Hall–Kier alpha value is -1.02. The van der Waals surface area contributed by atoms with Crippen LogP contribution >= 0.6 is 0 Å². The van der Waals surface area contributed by atoms with E-state index in [1.54, 1.807) is 7.11 Å². The molecule has 0 fully saturated rings. The highest BCUT2D eigenvalue weighted by Crippen LogP contribution is 2.12. The Balaban J connectivity index is 2.40. The molecule has 0 saturated carbocycles. The summed E-state index contributed by atoms with van der Waals surface area (Å²) in [5.74, 6) is 0.882. The van der Waals surface area contributed by atoms with Gasteiger partial charge in [0.15, 0.2) is 0 Å². The van der Waals surface area contributed by atoms with E-state index in [-0.39, 0.29) is 6.61 Å². The van der Waals surface area contributed by atoms with Crippen LogP contribution in [0.1, 0.15) is 18.4 Å². The van der Waals surface area contributed by atoms with Gasteiger partial charge in [-0.15, -0.1) is 0 Å². The molecule has 71 valence electrons. The third-order valence-corrected chi connectivity index (χ3v) is 2.02. The van der Waals surface area contributed by atoms with Crippen LogP contribution in [0.2, 0.25) is 0 Å². The summed E-state index contributed by atoms with van der Waals surface area (Å²) in [5, 5.41) is 10.2. The molecule has 0 unspecified atom stereocenters. The Morgan fingerprint density at radius 2 is 1.85 bits per heavy atom. The lowest BCUT2D eigenvalue weighted by Crippen LogP contribution is -1.88.